The molecule has 2 fully saturated rings. The van der Waals surface area contributed by atoms with Crippen LogP contribution in [0.5, 0.6) is 0 Å². The first-order valence-corrected chi connectivity index (χ1v) is 10.1. The molecule has 7 heteroatoms. The van der Waals surface area contributed by atoms with Crippen LogP contribution in [-0.2, 0) is 9.59 Å². The van der Waals surface area contributed by atoms with Gasteiger partial charge in [-0.1, -0.05) is 0 Å². The van der Waals surface area contributed by atoms with Crippen molar-refractivity contribution in [1.29, 1.82) is 0 Å². The van der Waals surface area contributed by atoms with Gasteiger partial charge in [-0.25, -0.2) is 0 Å². The van der Waals surface area contributed by atoms with Gasteiger partial charge in [0, 0.05) is 48.5 Å². The largest absolute Gasteiger partial charge is 0.372 e. The van der Waals surface area contributed by atoms with Crippen molar-refractivity contribution in [3.05, 3.63) is 48.7 Å². The molecule has 1 unspecified atom stereocenters. The zero-order chi connectivity index (χ0) is 19.8. The Balaban J connectivity index is 1.26. The third-order valence-corrected chi connectivity index (χ3v) is 5.84. The highest BCUT2D eigenvalue weighted by atomic mass is 16.2. The van der Waals surface area contributed by atoms with Crippen LogP contribution in [0, 0.1) is 5.92 Å². The molecule has 3 heterocycles. The van der Waals surface area contributed by atoms with Gasteiger partial charge in [-0.15, -0.1) is 0 Å². The van der Waals surface area contributed by atoms with Crippen LogP contribution in [-0.4, -0.2) is 41.6 Å². The number of aromatic nitrogens is 2. The van der Waals surface area contributed by atoms with E-state index >= 15 is 0 Å². The lowest BCUT2D eigenvalue weighted by Gasteiger charge is -2.20. The summed E-state index contributed by atoms with van der Waals surface area (Å²) in [4.78, 5) is 29.3. The van der Waals surface area contributed by atoms with Crippen LogP contribution in [0.3, 0.4) is 0 Å². The van der Waals surface area contributed by atoms with E-state index in [2.05, 4.69) is 32.5 Å². The minimum atomic E-state index is -0.363. The average Bonchev–Trinajstić information content (AvgIpc) is 3.48. The molecule has 0 spiro atoms. The molecule has 3 aromatic rings. The van der Waals surface area contributed by atoms with E-state index in [1.54, 1.807) is 11.1 Å². The third-order valence-electron chi connectivity index (χ3n) is 5.84. The van der Waals surface area contributed by atoms with Gasteiger partial charge in [-0.2, -0.15) is 5.10 Å². The summed E-state index contributed by atoms with van der Waals surface area (Å²) in [6.07, 6.45) is 4.43. The lowest BCUT2D eigenvalue weighted by atomic mass is 10.1. The number of carbonyl (C=O) groups excluding carboxylic acids is 2. The molecule has 2 aromatic carbocycles. The van der Waals surface area contributed by atoms with Gasteiger partial charge in [0.25, 0.3) is 0 Å². The second-order valence-electron chi connectivity index (χ2n) is 7.78. The number of nitrogens with zero attached hydrogens (tertiary/aromatic N) is 3. The van der Waals surface area contributed by atoms with Crippen molar-refractivity contribution in [2.24, 2.45) is 5.92 Å². The third kappa shape index (κ3) is 3.44. The van der Waals surface area contributed by atoms with Crippen molar-refractivity contribution < 1.29 is 9.59 Å². The molecule has 29 heavy (non-hydrogen) atoms. The molecule has 5 rings (SSSR count). The molecular formula is C22H23N5O2. The number of hydrogen-bond acceptors (Lipinski definition) is 4. The standard InChI is InChI=1S/C22H23N5O2/c28-21-11-16(22(29)24-17-4-3-15-13-23-25-20(15)12-17)14-27(21)19-7-5-18(6-8-19)26-9-1-2-10-26/h3-8,12-13,16H,1-2,9-11,14H2,(H,23,25)(H,24,29). The summed E-state index contributed by atoms with van der Waals surface area (Å²) in [5, 5.41) is 10.8. The van der Waals surface area contributed by atoms with E-state index in [9.17, 15) is 9.59 Å². The number of rotatable bonds is 4. The number of carbonyl (C=O) groups is 2. The quantitative estimate of drug-likeness (QED) is 0.718. The molecule has 2 aliphatic rings. The fraction of sp³-hybridized carbons (Fsp3) is 0.318. The topological polar surface area (TPSA) is 81.3 Å². The van der Waals surface area contributed by atoms with Gasteiger partial charge in [0.15, 0.2) is 0 Å². The molecular weight excluding hydrogens is 366 g/mol. The van der Waals surface area contributed by atoms with Crippen LogP contribution in [0.15, 0.2) is 48.7 Å². The van der Waals surface area contributed by atoms with Crippen LogP contribution in [0.25, 0.3) is 10.9 Å². The SMILES string of the molecule is O=C(Nc1ccc2cn[nH]c2c1)C1CC(=O)N(c2ccc(N3CCCC3)cc2)C1. The van der Waals surface area contributed by atoms with Crippen molar-refractivity contribution in [1.82, 2.24) is 10.2 Å². The Hall–Kier alpha value is -3.35. The zero-order valence-corrected chi connectivity index (χ0v) is 16.1. The fourth-order valence-corrected chi connectivity index (χ4v) is 4.21. The van der Waals surface area contributed by atoms with Gasteiger partial charge in [0.1, 0.15) is 0 Å². The summed E-state index contributed by atoms with van der Waals surface area (Å²) in [6.45, 7) is 2.59. The van der Waals surface area contributed by atoms with Gasteiger partial charge >= 0.3 is 0 Å². The summed E-state index contributed by atoms with van der Waals surface area (Å²) in [5.41, 5.74) is 3.62. The van der Waals surface area contributed by atoms with Crippen LogP contribution in [0.1, 0.15) is 19.3 Å². The molecule has 148 valence electrons. The maximum absolute atomic E-state index is 12.7. The number of anilines is 3. The van der Waals surface area contributed by atoms with Gasteiger partial charge in [-0.05, 0) is 55.3 Å². The molecule has 7 nitrogen and oxygen atoms in total. The van der Waals surface area contributed by atoms with E-state index in [0.717, 1.165) is 29.7 Å². The smallest absolute Gasteiger partial charge is 0.229 e. The number of benzene rings is 2. The minimum absolute atomic E-state index is 0.0110. The Kier molecular flexibility index (Phi) is 4.42. The first-order chi connectivity index (χ1) is 14.2. The fourth-order valence-electron chi connectivity index (χ4n) is 4.21. The average molecular weight is 389 g/mol. The van der Waals surface area contributed by atoms with Crippen LogP contribution in [0.4, 0.5) is 17.1 Å². The molecule has 1 atom stereocenters. The summed E-state index contributed by atoms with van der Waals surface area (Å²) >= 11 is 0. The highest BCUT2D eigenvalue weighted by molar-refractivity contribution is 6.04. The minimum Gasteiger partial charge on any atom is -0.372 e. The number of H-pyrrole nitrogens is 1. The Labute approximate surface area is 168 Å². The van der Waals surface area contributed by atoms with Crippen molar-refractivity contribution >= 4 is 39.8 Å². The summed E-state index contributed by atoms with van der Waals surface area (Å²) in [7, 11) is 0. The lowest BCUT2D eigenvalue weighted by Crippen LogP contribution is -2.28. The molecule has 2 aliphatic heterocycles. The maximum Gasteiger partial charge on any atom is 0.229 e. The molecule has 0 radical (unpaired) electrons. The van der Waals surface area contributed by atoms with E-state index in [1.165, 1.54) is 18.5 Å². The predicted molar refractivity (Wildman–Crippen MR) is 113 cm³/mol. The van der Waals surface area contributed by atoms with E-state index in [1.807, 2.05) is 30.3 Å². The van der Waals surface area contributed by atoms with Crippen LogP contribution < -0.4 is 15.1 Å². The Morgan fingerprint density at radius 3 is 2.62 bits per heavy atom. The Bertz CT molecular complexity index is 1050. The van der Waals surface area contributed by atoms with Gasteiger partial charge in [-0.3, -0.25) is 14.7 Å². The highest BCUT2D eigenvalue weighted by Gasteiger charge is 2.35. The number of fused-ring (bicyclic) bond motifs is 1. The second-order valence-corrected chi connectivity index (χ2v) is 7.78. The van der Waals surface area contributed by atoms with Crippen molar-refractivity contribution in [3.63, 3.8) is 0 Å². The maximum atomic E-state index is 12.7. The molecule has 0 saturated carbocycles. The van der Waals surface area contributed by atoms with E-state index in [-0.39, 0.29) is 24.2 Å². The highest BCUT2D eigenvalue weighted by Crippen LogP contribution is 2.29. The number of amides is 2. The van der Waals surface area contributed by atoms with Crippen molar-refractivity contribution in [2.45, 2.75) is 19.3 Å². The summed E-state index contributed by atoms with van der Waals surface area (Å²) in [5.74, 6) is -0.505. The van der Waals surface area contributed by atoms with Gasteiger partial charge in [0.2, 0.25) is 11.8 Å². The molecule has 0 aliphatic carbocycles. The Morgan fingerprint density at radius 2 is 1.83 bits per heavy atom. The second kappa shape index (κ2) is 7.24. The normalized spacial score (nSPS) is 19.3. The molecule has 0 bridgehead atoms. The zero-order valence-electron chi connectivity index (χ0n) is 16.1. The van der Waals surface area contributed by atoms with Crippen LogP contribution in [0.2, 0.25) is 0 Å². The summed E-state index contributed by atoms with van der Waals surface area (Å²) < 4.78 is 0. The molecule has 2 N–H and O–H groups in total. The number of hydrogen-bond donors (Lipinski definition) is 2. The van der Waals surface area contributed by atoms with E-state index in [0.29, 0.717) is 12.2 Å². The van der Waals surface area contributed by atoms with Crippen molar-refractivity contribution in [2.75, 3.05) is 34.8 Å². The molecule has 1 aromatic heterocycles. The number of aromatic amines is 1. The lowest BCUT2D eigenvalue weighted by molar-refractivity contribution is -0.122. The number of nitrogens with one attached hydrogen (secondary N) is 2. The predicted octanol–water partition coefficient (Wildman–Crippen LogP) is 3.15. The molecule has 2 saturated heterocycles. The summed E-state index contributed by atoms with van der Waals surface area (Å²) in [6, 6.07) is 13.7. The first kappa shape index (κ1) is 17.7. The van der Waals surface area contributed by atoms with Crippen molar-refractivity contribution in [3.8, 4) is 0 Å². The molecule has 2 amide bonds. The van der Waals surface area contributed by atoms with E-state index < -0.39 is 0 Å². The Morgan fingerprint density at radius 1 is 1.07 bits per heavy atom. The van der Waals surface area contributed by atoms with Gasteiger partial charge < -0.3 is 15.1 Å². The van der Waals surface area contributed by atoms with Crippen LogP contribution >= 0.6 is 0 Å². The van der Waals surface area contributed by atoms with Gasteiger partial charge in [0.05, 0.1) is 17.6 Å². The van der Waals surface area contributed by atoms with E-state index in [4.69, 9.17) is 0 Å². The first-order valence-electron chi connectivity index (χ1n) is 10.1. The monoisotopic (exact) mass is 389 g/mol.